The van der Waals surface area contributed by atoms with Gasteiger partial charge in [-0.05, 0) is 68.6 Å². The number of nitrogens with zero attached hydrogens (tertiary/aromatic N) is 4. The SMILES string of the molecule is [2H]c1c([2H])c([2H])c(-c2nc(-c3cc(-n4c5ccccc5c5cc6ccccc6cc54)cc4c3-c3cccc5cccc-4c35)nc(-c3c([2H])c([2H])c([2H])c([2H])c3[2H])n2)c([2H])c1[2H]. The molecule has 4 heteroatoms. The van der Waals surface area contributed by atoms with Gasteiger partial charge in [-0.3, -0.25) is 0 Å². The van der Waals surface area contributed by atoms with Crippen LogP contribution in [-0.4, -0.2) is 19.5 Å². The Labute approximate surface area is 308 Å². The second-order valence-corrected chi connectivity index (χ2v) is 12.5. The third-order valence-electron chi connectivity index (χ3n) is 9.71. The molecule has 0 aliphatic heterocycles. The predicted molar refractivity (Wildman–Crippen MR) is 210 cm³/mol. The Hall–Kier alpha value is -6.91. The summed E-state index contributed by atoms with van der Waals surface area (Å²) >= 11 is 0. The van der Waals surface area contributed by atoms with Crippen molar-refractivity contribution < 1.29 is 13.7 Å². The molecule has 0 radical (unpaired) electrons. The molecule has 2 heterocycles. The van der Waals surface area contributed by atoms with Gasteiger partial charge >= 0.3 is 0 Å². The molecule has 1 aliphatic rings. The zero-order valence-corrected chi connectivity index (χ0v) is 26.7. The average Bonchev–Trinajstić information content (AvgIpc) is 3.78. The molecule has 0 saturated carbocycles. The van der Waals surface area contributed by atoms with Crippen LogP contribution in [0.5, 0.6) is 0 Å². The summed E-state index contributed by atoms with van der Waals surface area (Å²) < 4.78 is 88.3. The monoisotopic (exact) mass is 658 g/mol. The molecule has 0 atom stereocenters. The quantitative estimate of drug-likeness (QED) is 0.189. The third-order valence-corrected chi connectivity index (χ3v) is 9.71. The van der Waals surface area contributed by atoms with Crippen LogP contribution in [0.25, 0.3) is 105 Å². The van der Waals surface area contributed by atoms with E-state index < -0.39 is 60.4 Å². The summed E-state index contributed by atoms with van der Waals surface area (Å²) in [4.78, 5) is 14.3. The highest BCUT2D eigenvalue weighted by molar-refractivity contribution is 6.19. The van der Waals surface area contributed by atoms with Crippen molar-refractivity contribution in [1.29, 1.82) is 0 Å². The Morgan fingerprint density at radius 3 is 1.75 bits per heavy atom. The number of benzene rings is 8. The van der Waals surface area contributed by atoms with Crippen LogP contribution in [0.1, 0.15) is 13.7 Å². The van der Waals surface area contributed by atoms with E-state index in [4.69, 9.17) is 23.7 Å². The number of para-hydroxylation sites is 1. The molecule has 0 N–H and O–H groups in total. The first-order valence-corrected chi connectivity index (χ1v) is 16.5. The van der Waals surface area contributed by atoms with E-state index in [-0.39, 0.29) is 28.6 Å². The highest BCUT2D eigenvalue weighted by Gasteiger charge is 2.28. The standard InChI is InChI=1S/C47H28N4/c1-3-13-30(14-4-1)45-48-46(31-15-5-2-6-16-31)50-47(49-45)40-28-34(27-39-36-22-11-19-29-20-12-23-37(43(29)36)44(39)40)51-41-24-10-9-21-35(41)38-25-32-17-7-8-18-33(32)26-42(38)51/h1-28H/i1D,2D,3D,4D,5D,6D,13D,14D,15D,16D. The van der Waals surface area contributed by atoms with Gasteiger partial charge in [0.15, 0.2) is 17.5 Å². The Kier molecular flexibility index (Phi) is 4.22. The minimum atomic E-state index is -0.605. The largest absolute Gasteiger partial charge is 0.309 e. The van der Waals surface area contributed by atoms with E-state index in [0.717, 1.165) is 71.3 Å². The van der Waals surface area contributed by atoms with E-state index in [9.17, 15) is 0 Å². The summed E-state index contributed by atoms with van der Waals surface area (Å²) in [6.45, 7) is 0. The van der Waals surface area contributed by atoms with Crippen molar-refractivity contribution in [3.63, 3.8) is 0 Å². The highest BCUT2D eigenvalue weighted by atomic mass is 15.0. The first-order chi connectivity index (χ1) is 29.4. The number of rotatable bonds is 4. The van der Waals surface area contributed by atoms with Gasteiger partial charge in [-0.1, -0.05) is 139 Å². The van der Waals surface area contributed by atoms with Crippen LogP contribution in [0.4, 0.5) is 0 Å². The van der Waals surface area contributed by atoms with Crippen molar-refractivity contribution in [1.82, 2.24) is 19.5 Å². The van der Waals surface area contributed by atoms with Gasteiger partial charge in [-0.15, -0.1) is 0 Å². The maximum Gasteiger partial charge on any atom is 0.164 e. The van der Waals surface area contributed by atoms with Crippen molar-refractivity contribution in [3.05, 3.63) is 170 Å². The van der Waals surface area contributed by atoms with Gasteiger partial charge in [-0.2, -0.15) is 0 Å². The van der Waals surface area contributed by atoms with Gasteiger partial charge in [-0.25, -0.2) is 15.0 Å². The normalized spacial score (nSPS) is 14.7. The second-order valence-electron chi connectivity index (χ2n) is 12.5. The lowest BCUT2D eigenvalue weighted by Crippen LogP contribution is -2.02. The molecule has 0 spiro atoms. The van der Waals surface area contributed by atoms with E-state index in [1.165, 1.54) is 0 Å². The van der Waals surface area contributed by atoms with Gasteiger partial charge in [0, 0.05) is 38.7 Å². The smallest absolute Gasteiger partial charge is 0.164 e. The summed E-state index contributed by atoms with van der Waals surface area (Å²) in [5.74, 6) is -0.632. The van der Waals surface area contributed by atoms with E-state index in [0.29, 0.717) is 5.56 Å². The maximum absolute atomic E-state index is 8.90. The summed E-state index contributed by atoms with van der Waals surface area (Å²) in [5.41, 5.74) is 6.02. The minimum Gasteiger partial charge on any atom is -0.309 e. The Morgan fingerprint density at radius 1 is 0.431 bits per heavy atom. The lowest BCUT2D eigenvalue weighted by atomic mass is 9.96. The van der Waals surface area contributed by atoms with Gasteiger partial charge in [0.1, 0.15) is 0 Å². The van der Waals surface area contributed by atoms with Gasteiger partial charge in [0.2, 0.25) is 0 Å². The van der Waals surface area contributed by atoms with Crippen LogP contribution < -0.4 is 0 Å². The molecule has 0 bridgehead atoms. The molecule has 10 aromatic rings. The molecule has 1 aliphatic carbocycles. The van der Waals surface area contributed by atoms with Crippen LogP contribution in [0.2, 0.25) is 0 Å². The number of hydrogen-bond donors (Lipinski definition) is 0. The number of fused-ring (bicyclic) bond motifs is 7. The fraction of sp³-hybridized carbons (Fsp3) is 0. The first kappa shape index (κ1) is 19.9. The summed E-state index contributed by atoms with van der Waals surface area (Å²) in [6, 6.07) is 31.1. The van der Waals surface area contributed by atoms with Crippen molar-refractivity contribution >= 4 is 43.4 Å². The molecule has 0 unspecified atom stereocenters. The van der Waals surface area contributed by atoms with E-state index in [2.05, 4.69) is 58.1 Å². The number of aromatic nitrogens is 4. The van der Waals surface area contributed by atoms with Crippen LogP contribution in [0.15, 0.2) is 170 Å². The molecule has 8 aromatic carbocycles. The topological polar surface area (TPSA) is 43.6 Å². The maximum atomic E-state index is 8.90. The summed E-state index contributed by atoms with van der Waals surface area (Å²) in [6.07, 6.45) is 0. The van der Waals surface area contributed by atoms with Crippen molar-refractivity contribution in [2.45, 2.75) is 0 Å². The Morgan fingerprint density at radius 2 is 1.02 bits per heavy atom. The second kappa shape index (κ2) is 10.8. The minimum absolute atomic E-state index is 0.00717. The molecular weight excluding hydrogens is 621 g/mol. The van der Waals surface area contributed by atoms with Crippen molar-refractivity contribution in [3.8, 4) is 62.1 Å². The van der Waals surface area contributed by atoms with Crippen molar-refractivity contribution in [2.24, 2.45) is 0 Å². The predicted octanol–water partition coefficient (Wildman–Crippen LogP) is 11.9. The third kappa shape index (κ3) is 4.23. The van der Waals surface area contributed by atoms with E-state index >= 15 is 0 Å². The van der Waals surface area contributed by atoms with E-state index in [1.807, 2.05) is 60.7 Å². The lowest BCUT2D eigenvalue weighted by Gasteiger charge is -2.16. The average molecular weight is 659 g/mol. The number of hydrogen-bond acceptors (Lipinski definition) is 3. The molecule has 2 aromatic heterocycles. The summed E-state index contributed by atoms with van der Waals surface area (Å²) in [7, 11) is 0. The molecule has 0 fully saturated rings. The zero-order chi connectivity index (χ0) is 42.2. The van der Waals surface area contributed by atoms with Crippen molar-refractivity contribution in [2.75, 3.05) is 0 Å². The van der Waals surface area contributed by atoms with Crippen LogP contribution in [0, 0.1) is 0 Å². The fourth-order valence-electron chi connectivity index (χ4n) is 7.59. The Bertz CT molecular complexity index is 3470. The Balaban J connectivity index is 1.30. The van der Waals surface area contributed by atoms with Gasteiger partial charge < -0.3 is 4.57 Å². The van der Waals surface area contributed by atoms with Gasteiger partial charge in [0.05, 0.1) is 24.7 Å². The summed E-state index contributed by atoms with van der Waals surface area (Å²) in [5, 5.41) is 6.27. The molecule has 0 amide bonds. The van der Waals surface area contributed by atoms with Crippen LogP contribution in [-0.2, 0) is 0 Å². The molecule has 236 valence electrons. The first-order valence-electron chi connectivity index (χ1n) is 21.5. The van der Waals surface area contributed by atoms with Gasteiger partial charge in [0.25, 0.3) is 0 Å². The van der Waals surface area contributed by atoms with E-state index in [1.54, 1.807) is 0 Å². The molecule has 0 saturated heterocycles. The molecule has 4 nitrogen and oxygen atoms in total. The molecular formula is C47H28N4. The molecule has 11 rings (SSSR count). The highest BCUT2D eigenvalue weighted by Crippen LogP contribution is 2.52. The molecule has 51 heavy (non-hydrogen) atoms. The zero-order valence-electron chi connectivity index (χ0n) is 36.7. The van der Waals surface area contributed by atoms with Crippen LogP contribution >= 0.6 is 0 Å². The fourth-order valence-corrected chi connectivity index (χ4v) is 7.59. The van der Waals surface area contributed by atoms with Crippen LogP contribution in [0.3, 0.4) is 0 Å². The lowest BCUT2D eigenvalue weighted by molar-refractivity contribution is 1.07.